The summed E-state index contributed by atoms with van der Waals surface area (Å²) in [6.07, 6.45) is -0.939. The summed E-state index contributed by atoms with van der Waals surface area (Å²) in [6, 6.07) is -0.647. The lowest BCUT2D eigenvalue weighted by Crippen LogP contribution is -2.41. The molecule has 108 valence electrons. The van der Waals surface area contributed by atoms with Gasteiger partial charge in [0.25, 0.3) is 0 Å². The van der Waals surface area contributed by atoms with Crippen LogP contribution in [0.4, 0.5) is 4.79 Å². The molecule has 0 aromatic rings. The molecule has 1 saturated heterocycles. The Morgan fingerprint density at radius 2 is 2.11 bits per heavy atom. The number of ether oxygens (including phenoxy) is 1. The number of rotatable bonds is 5. The third-order valence-electron chi connectivity index (χ3n) is 2.92. The van der Waals surface area contributed by atoms with Crippen molar-refractivity contribution < 1.29 is 27.9 Å². The molecule has 1 aliphatic heterocycles. The topological polar surface area (TPSA) is 110 Å². The predicted molar refractivity (Wildman–Crippen MR) is 67.5 cm³/mol. The minimum absolute atomic E-state index is 0.0585. The van der Waals surface area contributed by atoms with Crippen LogP contribution in [0.2, 0.25) is 0 Å². The fraction of sp³-hybridized carbons (Fsp3) is 0.636. The van der Waals surface area contributed by atoms with E-state index in [4.69, 9.17) is 9.84 Å². The van der Waals surface area contributed by atoms with Crippen molar-refractivity contribution in [3.8, 4) is 0 Å². The van der Waals surface area contributed by atoms with Crippen LogP contribution in [0.3, 0.4) is 0 Å². The minimum Gasteiger partial charge on any atom is -0.465 e. The maximum absolute atomic E-state index is 11.8. The zero-order valence-corrected chi connectivity index (χ0v) is 11.4. The maximum atomic E-state index is 11.8. The highest BCUT2D eigenvalue weighted by molar-refractivity contribution is 7.92. The van der Waals surface area contributed by atoms with E-state index in [1.54, 1.807) is 0 Å². The zero-order chi connectivity index (χ0) is 14.6. The molecular formula is C11H17NO6S. The third-order valence-corrected chi connectivity index (χ3v) is 5.21. The van der Waals surface area contributed by atoms with E-state index in [-0.39, 0.29) is 30.8 Å². The van der Waals surface area contributed by atoms with E-state index in [0.29, 0.717) is 0 Å². The van der Waals surface area contributed by atoms with Gasteiger partial charge in [-0.1, -0.05) is 6.58 Å². The Labute approximate surface area is 111 Å². The highest BCUT2D eigenvalue weighted by atomic mass is 32.2. The van der Waals surface area contributed by atoms with E-state index < -0.39 is 33.2 Å². The average Bonchev–Trinajstić information content (AvgIpc) is 2.54. The number of carbonyl (C=O) groups excluding carboxylic acids is 1. The number of amides is 1. The molecule has 7 nitrogen and oxygen atoms in total. The maximum Gasteiger partial charge on any atom is 0.404 e. The van der Waals surface area contributed by atoms with E-state index >= 15 is 0 Å². The van der Waals surface area contributed by atoms with Crippen LogP contribution in [0.25, 0.3) is 0 Å². The molecule has 1 heterocycles. The molecule has 0 bridgehead atoms. The van der Waals surface area contributed by atoms with Crippen LogP contribution in [0.1, 0.15) is 19.8 Å². The van der Waals surface area contributed by atoms with Gasteiger partial charge in [0, 0.05) is 12.0 Å². The Hall–Kier alpha value is -1.57. The van der Waals surface area contributed by atoms with E-state index in [0.717, 1.165) is 0 Å². The van der Waals surface area contributed by atoms with Gasteiger partial charge in [-0.3, -0.25) is 0 Å². The number of carbonyl (C=O) groups is 2. The SMILES string of the molecule is C=C(C)C(=O)OCCC1C(NC(=O)O)CCS1(=O)=O. The van der Waals surface area contributed by atoms with Gasteiger partial charge in [0.15, 0.2) is 9.84 Å². The molecule has 0 aromatic carbocycles. The lowest BCUT2D eigenvalue weighted by atomic mass is 10.1. The number of nitrogens with one attached hydrogen (secondary N) is 1. The molecular weight excluding hydrogens is 274 g/mol. The van der Waals surface area contributed by atoms with Crippen molar-refractivity contribution in [3.63, 3.8) is 0 Å². The lowest BCUT2D eigenvalue weighted by molar-refractivity contribution is -0.139. The quantitative estimate of drug-likeness (QED) is 0.557. The van der Waals surface area contributed by atoms with Gasteiger partial charge < -0.3 is 15.2 Å². The number of hydrogen-bond donors (Lipinski definition) is 2. The Bertz CT molecular complexity index is 483. The number of hydrogen-bond acceptors (Lipinski definition) is 5. The summed E-state index contributed by atoms with van der Waals surface area (Å²) in [5, 5.41) is 9.99. The first-order valence-electron chi connectivity index (χ1n) is 5.77. The molecule has 0 radical (unpaired) electrons. The summed E-state index contributed by atoms with van der Waals surface area (Å²) >= 11 is 0. The van der Waals surface area contributed by atoms with Crippen LogP contribution < -0.4 is 5.32 Å². The average molecular weight is 291 g/mol. The molecule has 1 fully saturated rings. The van der Waals surface area contributed by atoms with Gasteiger partial charge >= 0.3 is 12.1 Å². The van der Waals surface area contributed by atoms with Crippen LogP contribution in [0.5, 0.6) is 0 Å². The first-order valence-corrected chi connectivity index (χ1v) is 7.49. The lowest BCUT2D eigenvalue weighted by Gasteiger charge is -2.18. The van der Waals surface area contributed by atoms with Crippen molar-refractivity contribution in [2.45, 2.75) is 31.1 Å². The predicted octanol–water partition coefficient (Wildman–Crippen LogP) is 0.319. The standard InChI is InChI=1S/C11H17NO6S/c1-7(2)10(13)18-5-3-9-8(12-11(14)15)4-6-19(9,16)17/h8-9,12H,1,3-6H2,2H3,(H,14,15). The fourth-order valence-electron chi connectivity index (χ4n) is 1.97. The van der Waals surface area contributed by atoms with Crippen LogP contribution in [-0.2, 0) is 19.4 Å². The third kappa shape index (κ3) is 4.23. The summed E-state index contributed by atoms with van der Waals surface area (Å²) in [4.78, 5) is 21.7. The van der Waals surface area contributed by atoms with Gasteiger partial charge in [0.2, 0.25) is 0 Å². The Morgan fingerprint density at radius 1 is 1.47 bits per heavy atom. The molecule has 0 aliphatic carbocycles. The number of sulfone groups is 1. The van der Waals surface area contributed by atoms with E-state index in [9.17, 15) is 18.0 Å². The first-order chi connectivity index (χ1) is 8.74. The molecule has 19 heavy (non-hydrogen) atoms. The Kier molecular flexibility index (Phi) is 4.93. The highest BCUT2D eigenvalue weighted by Gasteiger charge is 2.40. The second kappa shape index (κ2) is 6.05. The second-order valence-corrected chi connectivity index (χ2v) is 6.79. The first kappa shape index (κ1) is 15.5. The van der Waals surface area contributed by atoms with Crippen LogP contribution in [0.15, 0.2) is 12.2 Å². The van der Waals surface area contributed by atoms with Gasteiger partial charge in [-0.25, -0.2) is 18.0 Å². The van der Waals surface area contributed by atoms with Gasteiger partial charge in [-0.2, -0.15) is 0 Å². The Morgan fingerprint density at radius 3 is 2.63 bits per heavy atom. The monoisotopic (exact) mass is 291 g/mol. The van der Waals surface area contributed by atoms with Crippen LogP contribution in [-0.4, -0.2) is 49.2 Å². The molecule has 0 aromatic heterocycles. The summed E-state index contributed by atoms with van der Waals surface area (Å²) in [7, 11) is -3.34. The summed E-state index contributed by atoms with van der Waals surface area (Å²) < 4.78 is 28.4. The fourth-order valence-corrected chi connectivity index (χ4v) is 4.02. The number of esters is 1. The Balaban J connectivity index is 2.59. The van der Waals surface area contributed by atoms with Gasteiger partial charge in [0.05, 0.1) is 23.7 Å². The van der Waals surface area contributed by atoms with Crippen molar-refractivity contribution in [2.75, 3.05) is 12.4 Å². The summed E-state index contributed by atoms with van der Waals surface area (Å²) in [5.74, 6) is -0.644. The molecule has 2 N–H and O–H groups in total. The second-order valence-electron chi connectivity index (χ2n) is 4.46. The normalized spacial score (nSPS) is 24.7. The molecule has 8 heteroatoms. The minimum atomic E-state index is -3.34. The molecule has 0 saturated carbocycles. The van der Waals surface area contributed by atoms with Crippen molar-refractivity contribution in [2.24, 2.45) is 0 Å². The molecule has 1 amide bonds. The van der Waals surface area contributed by atoms with Crippen molar-refractivity contribution in [3.05, 3.63) is 12.2 Å². The largest absolute Gasteiger partial charge is 0.465 e. The number of carboxylic acid groups (broad SMARTS) is 1. The highest BCUT2D eigenvalue weighted by Crippen LogP contribution is 2.23. The van der Waals surface area contributed by atoms with Crippen molar-refractivity contribution in [1.82, 2.24) is 5.32 Å². The molecule has 2 atom stereocenters. The smallest absolute Gasteiger partial charge is 0.404 e. The van der Waals surface area contributed by atoms with Crippen LogP contribution >= 0.6 is 0 Å². The van der Waals surface area contributed by atoms with Gasteiger partial charge in [-0.15, -0.1) is 0 Å². The van der Waals surface area contributed by atoms with Crippen LogP contribution in [0, 0.1) is 0 Å². The summed E-state index contributed by atoms with van der Waals surface area (Å²) in [5.41, 5.74) is 0.231. The molecule has 1 rings (SSSR count). The van der Waals surface area contributed by atoms with Gasteiger partial charge in [-0.05, 0) is 13.3 Å². The van der Waals surface area contributed by atoms with E-state index in [2.05, 4.69) is 11.9 Å². The zero-order valence-electron chi connectivity index (χ0n) is 10.6. The summed E-state index contributed by atoms with van der Waals surface area (Å²) in [6.45, 7) is 4.82. The molecule has 2 unspecified atom stereocenters. The van der Waals surface area contributed by atoms with Crippen molar-refractivity contribution in [1.29, 1.82) is 0 Å². The van der Waals surface area contributed by atoms with Gasteiger partial charge in [0.1, 0.15) is 0 Å². The van der Waals surface area contributed by atoms with E-state index in [1.165, 1.54) is 6.92 Å². The molecule has 0 spiro atoms. The van der Waals surface area contributed by atoms with E-state index in [1.807, 2.05) is 0 Å². The van der Waals surface area contributed by atoms with Crippen molar-refractivity contribution >= 4 is 21.9 Å². The molecule has 1 aliphatic rings.